The third-order valence-electron chi connectivity index (χ3n) is 3.80. The molecule has 0 radical (unpaired) electrons. The van der Waals surface area contributed by atoms with Gasteiger partial charge in [0.05, 0.1) is 7.11 Å². The lowest BCUT2D eigenvalue weighted by molar-refractivity contribution is 0.0903. The number of para-hydroxylation sites is 1. The Hall–Kier alpha value is -1.71. The van der Waals surface area contributed by atoms with E-state index in [9.17, 15) is 13.5 Å². The fourth-order valence-electron chi connectivity index (χ4n) is 2.46. The van der Waals surface area contributed by atoms with E-state index < -0.39 is 15.6 Å². The molecular formula is C17H17NO4S3. The summed E-state index contributed by atoms with van der Waals surface area (Å²) in [5.41, 5.74) is -0.772. The topological polar surface area (TPSA) is 75.6 Å². The van der Waals surface area contributed by atoms with Gasteiger partial charge in [-0.15, -0.1) is 11.3 Å². The van der Waals surface area contributed by atoms with Gasteiger partial charge in [0.25, 0.3) is 0 Å². The summed E-state index contributed by atoms with van der Waals surface area (Å²) in [7, 11) is -2.43. The molecule has 3 aromatic rings. The molecule has 0 bridgehead atoms. The van der Waals surface area contributed by atoms with Gasteiger partial charge < -0.3 is 9.84 Å². The van der Waals surface area contributed by atoms with Crippen molar-refractivity contribution in [1.29, 1.82) is 0 Å². The molecular weight excluding hydrogens is 378 g/mol. The Bertz CT molecular complexity index is 884. The van der Waals surface area contributed by atoms with Crippen LogP contribution in [0.5, 0.6) is 5.75 Å². The highest BCUT2D eigenvalue weighted by atomic mass is 32.2. The lowest BCUT2D eigenvalue weighted by Gasteiger charge is -2.27. The van der Waals surface area contributed by atoms with E-state index in [-0.39, 0.29) is 17.2 Å². The minimum Gasteiger partial charge on any atom is -0.495 e. The summed E-state index contributed by atoms with van der Waals surface area (Å²) in [4.78, 5) is 0.713. The smallest absolute Gasteiger partial charge is 0.244 e. The molecule has 5 nitrogen and oxygen atoms in total. The molecule has 0 aliphatic carbocycles. The second-order valence-corrected chi connectivity index (χ2v) is 8.79. The summed E-state index contributed by atoms with van der Waals surface area (Å²) in [6, 6.07) is 11.8. The molecule has 1 atom stereocenters. The van der Waals surface area contributed by atoms with Crippen molar-refractivity contribution >= 4 is 32.7 Å². The Kier molecular flexibility index (Phi) is 5.26. The number of rotatable bonds is 7. The van der Waals surface area contributed by atoms with Crippen LogP contribution in [-0.4, -0.2) is 27.2 Å². The first-order valence-corrected chi connectivity index (χ1v) is 10.7. The highest BCUT2D eigenvalue weighted by Crippen LogP contribution is 2.34. The molecule has 2 heterocycles. The van der Waals surface area contributed by atoms with Gasteiger partial charge in [0.1, 0.15) is 16.2 Å². The van der Waals surface area contributed by atoms with E-state index in [4.69, 9.17) is 4.74 Å². The van der Waals surface area contributed by atoms with E-state index in [0.29, 0.717) is 10.4 Å². The number of hydrogen-bond donors (Lipinski definition) is 2. The zero-order valence-corrected chi connectivity index (χ0v) is 15.8. The first-order valence-electron chi connectivity index (χ1n) is 7.39. The van der Waals surface area contributed by atoms with E-state index in [1.54, 1.807) is 30.3 Å². The average molecular weight is 396 g/mol. The van der Waals surface area contributed by atoms with Crippen molar-refractivity contribution in [3.8, 4) is 5.75 Å². The quantitative estimate of drug-likeness (QED) is 0.645. The second kappa shape index (κ2) is 7.27. The number of thiophene rings is 2. The molecule has 0 saturated carbocycles. The predicted octanol–water partition coefficient (Wildman–Crippen LogP) is 3.03. The van der Waals surface area contributed by atoms with Gasteiger partial charge in [0, 0.05) is 17.0 Å². The first-order chi connectivity index (χ1) is 12.0. The van der Waals surface area contributed by atoms with Crippen molar-refractivity contribution in [2.75, 3.05) is 13.7 Å². The Labute approximate surface area is 154 Å². The van der Waals surface area contributed by atoms with E-state index in [0.717, 1.165) is 0 Å². The van der Waals surface area contributed by atoms with Crippen LogP contribution in [-0.2, 0) is 15.6 Å². The maximum atomic E-state index is 12.7. The van der Waals surface area contributed by atoms with Gasteiger partial charge in [0.2, 0.25) is 10.0 Å². The first kappa shape index (κ1) is 18.1. The number of benzene rings is 1. The van der Waals surface area contributed by atoms with Crippen molar-refractivity contribution in [2.45, 2.75) is 10.5 Å². The second-order valence-electron chi connectivity index (χ2n) is 5.33. The van der Waals surface area contributed by atoms with Crippen LogP contribution >= 0.6 is 22.7 Å². The van der Waals surface area contributed by atoms with E-state index in [1.165, 1.54) is 35.8 Å². The summed E-state index contributed by atoms with van der Waals surface area (Å²) < 4.78 is 33.1. The highest BCUT2D eigenvalue weighted by Gasteiger charge is 2.35. The summed E-state index contributed by atoms with van der Waals surface area (Å²) in [6.07, 6.45) is 0. The molecule has 0 saturated heterocycles. The molecule has 3 rings (SSSR count). The molecule has 1 aromatic carbocycles. The van der Waals surface area contributed by atoms with Gasteiger partial charge in [0.15, 0.2) is 0 Å². The fourth-order valence-corrected chi connectivity index (χ4v) is 5.26. The van der Waals surface area contributed by atoms with Crippen LogP contribution in [0, 0.1) is 0 Å². The van der Waals surface area contributed by atoms with Crippen LogP contribution in [0.3, 0.4) is 0 Å². The molecule has 0 aliphatic heterocycles. The van der Waals surface area contributed by atoms with Gasteiger partial charge in [-0.25, -0.2) is 13.1 Å². The molecule has 1 unspecified atom stereocenters. The Morgan fingerprint density at radius 1 is 1.16 bits per heavy atom. The number of sulfonamides is 1. The van der Waals surface area contributed by atoms with Gasteiger partial charge >= 0.3 is 0 Å². The van der Waals surface area contributed by atoms with Crippen LogP contribution in [0.4, 0.5) is 0 Å². The molecule has 0 spiro atoms. The molecule has 8 heteroatoms. The highest BCUT2D eigenvalue weighted by molar-refractivity contribution is 7.89. The standard InChI is InChI=1S/C17H17NO4S3/c1-22-14-5-2-3-6-15(14)25(20,21)18-12-17(19,13-8-10-23-11-13)16-7-4-9-24-16/h2-11,18-19H,12H2,1H3. The summed E-state index contributed by atoms with van der Waals surface area (Å²) >= 11 is 2.82. The van der Waals surface area contributed by atoms with Crippen molar-refractivity contribution in [1.82, 2.24) is 4.72 Å². The molecule has 2 N–H and O–H groups in total. The number of nitrogens with one attached hydrogen (secondary N) is 1. The summed E-state index contributed by atoms with van der Waals surface area (Å²) in [5.74, 6) is 0.255. The maximum Gasteiger partial charge on any atom is 0.244 e. The SMILES string of the molecule is COc1ccccc1S(=O)(=O)NCC(O)(c1ccsc1)c1cccs1. The molecule has 0 fully saturated rings. The molecule has 2 aromatic heterocycles. The number of aliphatic hydroxyl groups is 1. The van der Waals surface area contributed by atoms with Crippen molar-refractivity contribution < 1.29 is 18.3 Å². The van der Waals surface area contributed by atoms with Gasteiger partial charge in [-0.05, 0) is 40.4 Å². The minimum atomic E-state index is -3.85. The molecule has 25 heavy (non-hydrogen) atoms. The minimum absolute atomic E-state index is 0.0383. The van der Waals surface area contributed by atoms with E-state index in [1.807, 2.05) is 22.2 Å². The predicted molar refractivity (Wildman–Crippen MR) is 99.8 cm³/mol. The van der Waals surface area contributed by atoms with Crippen LogP contribution in [0.1, 0.15) is 10.4 Å². The third kappa shape index (κ3) is 3.63. The normalized spacial score (nSPS) is 14.2. The average Bonchev–Trinajstić information content (AvgIpc) is 3.33. The molecule has 0 aliphatic rings. The van der Waals surface area contributed by atoms with Crippen LogP contribution in [0.25, 0.3) is 0 Å². The number of hydrogen-bond acceptors (Lipinski definition) is 6. The van der Waals surface area contributed by atoms with Crippen LogP contribution < -0.4 is 9.46 Å². The van der Waals surface area contributed by atoms with Gasteiger partial charge in [-0.1, -0.05) is 18.2 Å². The fraction of sp³-hybridized carbons (Fsp3) is 0.176. The maximum absolute atomic E-state index is 12.7. The lowest BCUT2D eigenvalue weighted by Crippen LogP contribution is -2.41. The Morgan fingerprint density at radius 2 is 1.96 bits per heavy atom. The largest absolute Gasteiger partial charge is 0.495 e. The van der Waals surface area contributed by atoms with Crippen molar-refractivity contribution in [3.05, 3.63) is 69.0 Å². The monoisotopic (exact) mass is 395 g/mol. The zero-order valence-electron chi connectivity index (χ0n) is 13.4. The van der Waals surface area contributed by atoms with E-state index in [2.05, 4.69) is 4.72 Å². The lowest BCUT2D eigenvalue weighted by atomic mass is 9.95. The van der Waals surface area contributed by atoms with Crippen LogP contribution in [0.15, 0.2) is 63.5 Å². The number of ether oxygens (including phenoxy) is 1. The Morgan fingerprint density at radius 3 is 2.60 bits per heavy atom. The van der Waals surface area contributed by atoms with Crippen molar-refractivity contribution in [3.63, 3.8) is 0 Å². The number of methoxy groups -OCH3 is 1. The van der Waals surface area contributed by atoms with Crippen LogP contribution in [0.2, 0.25) is 0 Å². The molecule has 0 amide bonds. The third-order valence-corrected chi connectivity index (χ3v) is 6.95. The summed E-state index contributed by atoms with van der Waals surface area (Å²) in [6.45, 7) is -0.176. The summed E-state index contributed by atoms with van der Waals surface area (Å²) in [5, 5.41) is 16.7. The Balaban J connectivity index is 1.92. The van der Waals surface area contributed by atoms with E-state index >= 15 is 0 Å². The van der Waals surface area contributed by atoms with Gasteiger partial charge in [-0.3, -0.25) is 0 Å². The van der Waals surface area contributed by atoms with Crippen molar-refractivity contribution in [2.24, 2.45) is 0 Å². The molecule has 132 valence electrons. The van der Waals surface area contributed by atoms with Gasteiger partial charge in [-0.2, -0.15) is 11.3 Å². The zero-order chi connectivity index (χ0) is 17.9.